The zero-order chi connectivity index (χ0) is 11.5. The minimum absolute atomic E-state index is 0.247. The molecule has 16 heavy (non-hydrogen) atoms. The highest BCUT2D eigenvalue weighted by Crippen LogP contribution is 2.14. The summed E-state index contributed by atoms with van der Waals surface area (Å²) in [6, 6.07) is 0.560. The number of carbonyl (C=O) groups excluding carboxylic acids is 1. The van der Waals surface area contributed by atoms with Gasteiger partial charge >= 0.3 is 0 Å². The molecule has 1 aliphatic rings. The Labute approximate surface area is 95.2 Å². The second kappa shape index (κ2) is 4.65. The van der Waals surface area contributed by atoms with Crippen LogP contribution in [0, 0.1) is 0 Å². The van der Waals surface area contributed by atoms with E-state index in [4.69, 9.17) is 0 Å². The quantitative estimate of drug-likeness (QED) is 0.780. The first kappa shape index (κ1) is 11.1. The molecule has 1 saturated heterocycles. The van der Waals surface area contributed by atoms with Gasteiger partial charge in [0.2, 0.25) is 5.91 Å². The van der Waals surface area contributed by atoms with Crippen molar-refractivity contribution in [1.29, 1.82) is 0 Å². The summed E-state index contributed by atoms with van der Waals surface area (Å²) in [7, 11) is 0. The van der Waals surface area contributed by atoms with Crippen LogP contribution in [0.2, 0.25) is 0 Å². The molecule has 88 valence electrons. The Balaban J connectivity index is 1.82. The zero-order valence-corrected chi connectivity index (χ0v) is 9.73. The van der Waals surface area contributed by atoms with Gasteiger partial charge in [0.25, 0.3) is 0 Å². The van der Waals surface area contributed by atoms with Crippen LogP contribution in [0.4, 0.5) is 0 Å². The van der Waals surface area contributed by atoms with E-state index in [1.54, 1.807) is 12.5 Å². The normalized spacial score (nSPS) is 21.1. The lowest BCUT2D eigenvalue weighted by Crippen LogP contribution is -2.35. The Morgan fingerprint density at radius 2 is 2.50 bits per heavy atom. The third-order valence-electron chi connectivity index (χ3n) is 2.92. The van der Waals surface area contributed by atoms with E-state index in [1.807, 2.05) is 4.90 Å². The van der Waals surface area contributed by atoms with Crippen molar-refractivity contribution in [2.24, 2.45) is 0 Å². The van der Waals surface area contributed by atoms with Gasteiger partial charge in [-0.05, 0) is 13.8 Å². The molecule has 2 rings (SSSR count). The van der Waals surface area contributed by atoms with E-state index in [0.29, 0.717) is 12.5 Å². The molecule has 1 fully saturated rings. The SMILES string of the molecule is CC(C)N1CC(NCc2cnc[nH]2)CC1=O. The Hall–Kier alpha value is -1.36. The number of hydrogen-bond acceptors (Lipinski definition) is 3. The fourth-order valence-electron chi connectivity index (χ4n) is 2.00. The summed E-state index contributed by atoms with van der Waals surface area (Å²) in [6.07, 6.45) is 4.06. The molecule has 0 aromatic carbocycles. The molecular weight excluding hydrogens is 204 g/mol. The van der Waals surface area contributed by atoms with Crippen molar-refractivity contribution >= 4 is 5.91 Å². The summed E-state index contributed by atoms with van der Waals surface area (Å²) >= 11 is 0. The maximum Gasteiger partial charge on any atom is 0.224 e. The van der Waals surface area contributed by atoms with E-state index < -0.39 is 0 Å². The number of aromatic amines is 1. The molecule has 0 aliphatic carbocycles. The lowest BCUT2D eigenvalue weighted by atomic mass is 10.2. The van der Waals surface area contributed by atoms with Crippen LogP contribution in [0.5, 0.6) is 0 Å². The van der Waals surface area contributed by atoms with Crippen LogP contribution < -0.4 is 5.32 Å². The van der Waals surface area contributed by atoms with Gasteiger partial charge in [0.15, 0.2) is 0 Å². The van der Waals surface area contributed by atoms with Crippen LogP contribution in [0.25, 0.3) is 0 Å². The van der Waals surface area contributed by atoms with Gasteiger partial charge in [-0.3, -0.25) is 4.79 Å². The van der Waals surface area contributed by atoms with Crippen molar-refractivity contribution in [3.63, 3.8) is 0 Å². The van der Waals surface area contributed by atoms with Crippen LogP contribution in [0.3, 0.4) is 0 Å². The number of aromatic nitrogens is 2. The second-order valence-corrected chi connectivity index (χ2v) is 4.50. The summed E-state index contributed by atoms with van der Waals surface area (Å²) in [5, 5.41) is 3.37. The Kier molecular flexibility index (Phi) is 3.24. The maximum atomic E-state index is 11.7. The average molecular weight is 222 g/mol. The monoisotopic (exact) mass is 222 g/mol. The van der Waals surface area contributed by atoms with E-state index >= 15 is 0 Å². The van der Waals surface area contributed by atoms with E-state index in [1.165, 1.54) is 0 Å². The van der Waals surface area contributed by atoms with Crippen LogP contribution in [0.15, 0.2) is 12.5 Å². The lowest BCUT2D eigenvalue weighted by Gasteiger charge is -2.21. The molecule has 2 N–H and O–H groups in total. The number of rotatable bonds is 4. The minimum atomic E-state index is 0.247. The van der Waals surface area contributed by atoms with E-state index in [2.05, 4.69) is 29.1 Å². The third kappa shape index (κ3) is 2.41. The number of hydrogen-bond donors (Lipinski definition) is 2. The second-order valence-electron chi connectivity index (χ2n) is 4.50. The summed E-state index contributed by atoms with van der Waals surface area (Å²) in [4.78, 5) is 20.6. The van der Waals surface area contributed by atoms with Crippen LogP contribution >= 0.6 is 0 Å². The van der Waals surface area contributed by atoms with Gasteiger partial charge in [-0.15, -0.1) is 0 Å². The van der Waals surface area contributed by atoms with Crippen molar-refractivity contribution in [1.82, 2.24) is 20.2 Å². The van der Waals surface area contributed by atoms with Gasteiger partial charge in [-0.25, -0.2) is 4.98 Å². The summed E-state index contributed by atoms with van der Waals surface area (Å²) < 4.78 is 0. The van der Waals surface area contributed by atoms with E-state index in [0.717, 1.165) is 18.8 Å². The first-order valence-corrected chi connectivity index (χ1v) is 5.67. The molecule has 5 heteroatoms. The molecule has 1 amide bonds. The number of nitrogens with zero attached hydrogens (tertiary/aromatic N) is 2. The fourth-order valence-corrected chi connectivity index (χ4v) is 2.00. The molecule has 1 aliphatic heterocycles. The van der Waals surface area contributed by atoms with Crippen LogP contribution in [-0.4, -0.2) is 39.4 Å². The molecule has 1 unspecified atom stereocenters. The first-order valence-electron chi connectivity index (χ1n) is 5.67. The van der Waals surface area contributed by atoms with Crippen molar-refractivity contribution in [3.8, 4) is 0 Å². The fraction of sp³-hybridized carbons (Fsp3) is 0.636. The van der Waals surface area contributed by atoms with Gasteiger partial charge < -0.3 is 15.2 Å². The topological polar surface area (TPSA) is 61.0 Å². The number of amides is 1. The predicted octanol–water partition coefficient (Wildman–Crippen LogP) is 0.509. The largest absolute Gasteiger partial charge is 0.347 e. The molecule has 0 radical (unpaired) electrons. The van der Waals surface area contributed by atoms with Crippen LogP contribution in [-0.2, 0) is 11.3 Å². The Morgan fingerprint density at radius 3 is 3.06 bits per heavy atom. The van der Waals surface area contributed by atoms with Gasteiger partial charge in [0.1, 0.15) is 0 Å². The number of nitrogens with one attached hydrogen (secondary N) is 2. The molecule has 1 atom stereocenters. The number of H-pyrrole nitrogens is 1. The summed E-state index contributed by atoms with van der Waals surface area (Å²) in [6.45, 7) is 5.65. The predicted molar refractivity (Wildman–Crippen MR) is 60.7 cm³/mol. The molecule has 0 spiro atoms. The standard InChI is InChI=1S/C11H18N4O/c1-8(2)15-6-9(3-11(15)16)13-5-10-4-12-7-14-10/h4,7-9,13H,3,5-6H2,1-2H3,(H,12,14). The Morgan fingerprint density at radius 1 is 1.69 bits per heavy atom. The highest BCUT2D eigenvalue weighted by atomic mass is 16.2. The molecule has 0 saturated carbocycles. The maximum absolute atomic E-state index is 11.7. The van der Waals surface area contributed by atoms with Crippen LogP contribution in [0.1, 0.15) is 26.0 Å². The van der Waals surface area contributed by atoms with E-state index in [-0.39, 0.29) is 11.9 Å². The smallest absolute Gasteiger partial charge is 0.224 e. The van der Waals surface area contributed by atoms with Gasteiger partial charge in [-0.1, -0.05) is 0 Å². The molecule has 1 aromatic heterocycles. The summed E-state index contributed by atoms with van der Waals surface area (Å²) in [5.41, 5.74) is 1.05. The highest BCUT2D eigenvalue weighted by Gasteiger charge is 2.30. The third-order valence-corrected chi connectivity index (χ3v) is 2.92. The first-order chi connectivity index (χ1) is 7.66. The minimum Gasteiger partial charge on any atom is -0.347 e. The highest BCUT2D eigenvalue weighted by molar-refractivity contribution is 5.79. The molecule has 1 aromatic rings. The van der Waals surface area contributed by atoms with Gasteiger partial charge in [0.05, 0.1) is 6.33 Å². The van der Waals surface area contributed by atoms with Gasteiger partial charge in [-0.2, -0.15) is 0 Å². The Bertz CT molecular complexity index is 347. The average Bonchev–Trinajstić information content (AvgIpc) is 2.83. The van der Waals surface area contributed by atoms with Crippen molar-refractivity contribution < 1.29 is 4.79 Å². The number of imidazole rings is 1. The molecule has 0 bridgehead atoms. The van der Waals surface area contributed by atoms with Crippen molar-refractivity contribution in [2.45, 2.75) is 38.9 Å². The molecule has 2 heterocycles. The van der Waals surface area contributed by atoms with Crippen molar-refractivity contribution in [3.05, 3.63) is 18.2 Å². The summed E-state index contributed by atoms with van der Waals surface area (Å²) in [5.74, 6) is 0.247. The molecular formula is C11H18N4O. The molecule has 5 nitrogen and oxygen atoms in total. The van der Waals surface area contributed by atoms with Gasteiger partial charge in [0, 0.05) is 43.5 Å². The van der Waals surface area contributed by atoms with E-state index in [9.17, 15) is 4.79 Å². The number of carbonyl (C=O) groups is 1. The zero-order valence-electron chi connectivity index (χ0n) is 9.73. The lowest BCUT2D eigenvalue weighted by molar-refractivity contribution is -0.129. The van der Waals surface area contributed by atoms with Crippen molar-refractivity contribution in [2.75, 3.05) is 6.54 Å². The number of likely N-dealkylation sites (tertiary alicyclic amines) is 1.